The number of nitrogens with one attached hydrogen (secondary N) is 1. The molecule has 1 aromatic carbocycles. The van der Waals surface area contributed by atoms with Crippen LogP contribution in [0, 0.1) is 17.2 Å². The number of anilines is 1. The third-order valence-corrected chi connectivity index (χ3v) is 7.38. The van der Waals surface area contributed by atoms with Gasteiger partial charge in [0.1, 0.15) is 11.1 Å². The third-order valence-electron chi connectivity index (χ3n) is 7.12. The predicted octanol–water partition coefficient (Wildman–Crippen LogP) is 3.02. The Morgan fingerprint density at radius 1 is 1.16 bits per heavy atom. The Hall–Kier alpha value is -2.61. The summed E-state index contributed by atoms with van der Waals surface area (Å²) in [6.45, 7) is 12.4. The Kier molecular flexibility index (Phi) is 9.46. The summed E-state index contributed by atoms with van der Waals surface area (Å²) in [6.07, 6.45) is 3.76. The van der Waals surface area contributed by atoms with Crippen LogP contribution in [0.2, 0.25) is 5.02 Å². The van der Waals surface area contributed by atoms with Crippen LogP contribution in [0.3, 0.4) is 0 Å². The van der Waals surface area contributed by atoms with E-state index in [0.29, 0.717) is 18.2 Å². The summed E-state index contributed by atoms with van der Waals surface area (Å²) in [5, 5.41) is 10.7. The molecule has 0 saturated carbocycles. The van der Waals surface area contributed by atoms with Crippen molar-refractivity contribution in [2.24, 2.45) is 5.92 Å². The molecule has 2 aromatic rings. The third kappa shape index (κ3) is 7.24. The predicted molar refractivity (Wildman–Crippen MR) is 145 cm³/mol. The number of carbonyl (C=O) groups is 1. The average Bonchev–Trinajstić information content (AvgIpc) is 2.91. The van der Waals surface area contributed by atoms with Crippen LogP contribution in [-0.4, -0.2) is 89.5 Å². The summed E-state index contributed by atoms with van der Waals surface area (Å²) in [5.41, 5.74) is 4.82. The topological polar surface area (TPSA) is 91.6 Å². The molecule has 2 fully saturated rings. The van der Waals surface area contributed by atoms with Crippen molar-refractivity contribution in [3.05, 3.63) is 52.4 Å². The van der Waals surface area contributed by atoms with Gasteiger partial charge in [-0.1, -0.05) is 37.6 Å². The van der Waals surface area contributed by atoms with Crippen LogP contribution in [0.4, 0.5) is 5.82 Å². The highest BCUT2D eigenvalue weighted by atomic mass is 35.5. The molecule has 1 amide bonds. The van der Waals surface area contributed by atoms with Gasteiger partial charge in [0.25, 0.3) is 5.91 Å². The van der Waals surface area contributed by atoms with Gasteiger partial charge in [-0.05, 0) is 56.6 Å². The molecule has 0 atom stereocenters. The first-order chi connectivity index (χ1) is 17.8. The number of hydrazine groups is 1. The van der Waals surface area contributed by atoms with Crippen LogP contribution in [0.5, 0.6) is 0 Å². The summed E-state index contributed by atoms with van der Waals surface area (Å²) in [7, 11) is 2.20. The number of amides is 1. The Morgan fingerprint density at radius 2 is 1.84 bits per heavy atom. The zero-order chi connectivity index (χ0) is 26.4. The van der Waals surface area contributed by atoms with Gasteiger partial charge in [-0.25, -0.2) is 15.4 Å². The van der Waals surface area contributed by atoms with Crippen LogP contribution in [0.1, 0.15) is 48.4 Å². The minimum Gasteiger partial charge on any atom is -0.304 e. The van der Waals surface area contributed by atoms with Gasteiger partial charge >= 0.3 is 0 Å². The number of nitrogens with zero attached hydrogens (tertiary/aromatic N) is 7. The molecule has 0 aliphatic carbocycles. The van der Waals surface area contributed by atoms with Gasteiger partial charge in [-0.2, -0.15) is 10.2 Å². The standard InChI is InChI=1S/C27H37ClN8O/c1-20(2)17-31-36(26-24(28)18-30-25(16-29)32-26)27(37)22-6-4-21(5-7-22)19-34-10-8-23(9-11-34)35-14-12-33(3)13-15-35/h4-7,18,20,23,31H,8-15,17,19H2,1-3H3. The highest BCUT2D eigenvalue weighted by Gasteiger charge is 2.27. The summed E-state index contributed by atoms with van der Waals surface area (Å²) >= 11 is 6.32. The van der Waals surface area contributed by atoms with Crippen LogP contribution in [-0.2, 0) is 6.54 Å². The monoisotopic (exact) mass is 524 g/mol. The number of benzene rings is 1. The Balaban J connectivity index is 1.38. The van der Waals surface area contributed by atoms with Gasteiger partial charge in [0.05, 0.1) is 6.20 Å². The van der Waals surface area contributed by atoms with Crippen LogP contribution in [0.15, 0.2) is 30.5 Å². The number of halogens is 1. The van der Waals surface area contributed by atoms with E-state index in [2.05, 4.69) is 37.1 Å². The molecule has 3 heterocycles. The molecule has 0 unspecified atom stereocenters. The molecule has 9 nitrogen and oxygen atoms in total. The minimum atomic E-state index is -0.287. The number of hydrogen-bond donors (Lipinski definition) is 1. The smallest absolute Gasteiger partial charge is 0.274 e. The maximum Gasteiger partial charge on any atom is 0.274 e. The minimum absolute atomic E-state index is 0.0460. The van der Waals surface area contributed by atoms with Gasteiger partial charge < -0.3 is 4.90 Å². The summed E-state index contributed by atoms with van der Waals surface area (Å²) in [5.74, 6) is 0.125. The van der Waals surface area contributed by atoms with E-state index in [1.54, 1.807) is 0 Å². The van der Waals surface area contributed by atoms with Gasteiger partial charge in [0, 0.05) is 50.9 Å². The lowest BCUT2D eigenvalue weighted by atomic mass is 10.0. The number of carbonyl (C=O) groups excluding carboxylic acids is 1. The van der Waals surface area contributed by atoms with Crippen molar-refractivity contribution >= 4 is 23.3 Å². The fourth-order valence-corrected chi connectivity index (χ4v) is 5.03. The van der Waals surface area contributed by atoms with Gasteiger partial charge in [-0.15, -0.1) is 0 Å². The van der Waals surface area contributed by atoms with Crippen molar-refractivity contribution in [1.82, 2.24) is 30.1 Å². The second kappa shape index (κ2) is 12.8. The number of likely N-dealkylation sites (tertiary alicyclic amines) is 1. The van der Waals surface area contributed by atoms with Crippen molar-refractivity contribution in [2.45, 2.75) is 39.3 Å². The molecule has 37 heavy (non-hydrogen) atoms. The van der Waals surface area contributed by atoms with Crippen molar-refractivity contribution in [3.8, 4) is 6.07 Å². The molecule has 2 aliphatic heterocycles. The number of piperidine rings is 1. The number of likely N-dealkylation sites (N-methyl/N-ethyl adjacent to an activating group) is 1. The zero-order valence-electron chi connectivity index (χ0n) is 22.0. The number of piperazine rings is 1. The molecule has 198 valence electrons. The first kappa shape index (κ1) is 27.4. The van der Waals surface area contributed by atoms with E-state index in [0.717, 1.165) is 19.6 Å². The fourth-order valence-electron chi connectivity index (χ4n) is 4.86. The van der Waals surface area contributed by atoms with Crippen molar-refractivity contribution in [1.29, 1.82) is 5.26 Å². The summed E-state index contributed by atoms with van der Waals surface area (Å²) in [6, 6.07) is 10.3. The van der Waals surface area contributed by atoms with Gasteiger partial charge in [0.15, 0.2) is 5.82 Å². The van der Waals surface area contributed by atoms with Crippen LogP contribution >= 0.6 is 11.6 Å². The number of nitriles is 1. The zero-order valence-corrected chi connectivity index (χ0v) is 22.8. The van der Waals surface area contributed by atoms with E-state index in [9.17, 15) is 10.1 Å². The largest absolute Gasteiger partial charge is 0.304 e. The number of hydrogen-bond acceptors (Lipinski definition) is 8. The van der Waals surface area contributed by atoms with Crippen LogP contribution < -0.4 is 10.4 Å². The summed E-state index contributed by atoms with van der Waals surface area (Å²) < 4.78 is 0. The van der Waals surface area contributed by atoms with E-state index in [4.69, 9.17) is 11.6 Å². The second-order valence-electron chi connectivity index (χ2n) is 10.4. The first-order valence-electron chi connectivity index (χ1n) is 13.1. The van der Waals surface area contributed by atoms with E-state index >= 15 is 0 Å². The molecule has 10 heteroatoms. The van der Waals surface area contributed by atoms with Crippen molar-refractivity contribution in [2.75, 3.05) is 57.9 Å². The lowest BCUT2D eigenvalue weighted by Crippen LogP contribution is -2.52. The van der Waals surface area contributed by atoms with E-state index < -0.39 is 0 Å². The molecule has 0 spiro atoms. The highest BCUT2D eigenvalue weighted by Crippen LogP contribution is 2.24. The maximum absolute atomic E-state index is 13.5. The highest BCUT2D eigenvalue weighted by molar-refractivity contribution is 6.33. The van der Waals surface area contributed by atoms with Gasteiger partial charge in [0.2, 0.25) is 5.82 Å². The first-order valence-corrected chi connectivity index (χ1v) is 13.5. The van der Waals surface area contributed by atoms with Crippen molar-refractivity contribution in [3.63, 3.8) is 0 Å². The number of rotatable bonds is 8. The number of aromatic nitrogens is 2. The SMILES string of the molecule is CC(C)CNN(C(=O)c1ccc(CN2CCC(N3CCN(C)CC3)CC2)cc1)c1nc(C#N)ncc1Cl. The van der Waals surface area contributed by atoms with Crippen LogP contribution in [0.25, 0.3) is 0 Å². The maximum atomic E-state index is 13.5. The molecule has 2 saturated heterocycles. The lowest BCUT2D eigenvalue weighted by Gasteiger charge is -2.42. The molecule has 0 radical (unpaired) electrons. The molecule has 0 bridgehead atoms. The second-order valence-corrected chi connectivity index (χ2v) is 10.8. The van der Waals surface area contributed by atoms with Gasteiger partial charge in [-0.3, -0.25) is 14.6 Å². The normalized spacial score (nSPS) is 18.2. The summed E-state index contributed by atoms with van der Waals surface area (Å²) in [4.78, 5) is 29.1. The quantitative estimate of drug-likeness (QED) is 0.527. The molecule has 1 aromatic heterocycles. The molecule has 2 aliphatic rings. The Bertz CT molecular complexity index is 1090. The Morgan fingerprint density at radius 3 is 2.46 bits per heavy atom. The van der Waals surface area contributed by atoms with E-state index in [1.807, 2.05) is 44.2 Å². The Labute approximate surface area is 225 Å². The van der Waals surface area contributed by atoms with E-state index in [-0.39, 0.29) is 28.5 Å². The molecular formula is C27H37ClN8O. The molecule has 1 N–H and O–H groups in total. The molecule has 4 rings (SSSR count). The van der Waals surface area contributed by atoms with E-state index in [1.165, 1.54) is 55.8 Å². The lowest BCUT2D eigenvalue weighted by molar-refractivity contribution is 0.0658. The molecular weight excluding hydrogens is 488 g/mol. The average molecular weight is 525 g/mol. The van der Waals surface area contributed by atoms with Crippen molar-refractivity contribution < 1.29 is 4.79 Å². The fraction of sp³-hybridized carbons (Fsp3) is 0.556.